The van der Waals surface area contributed by atoms with Crippen LogP contribution < -0.4 is 5.32 Å². The van der Waals surface area contributed by atoms with Gasteiger partial charge in [0.25, 0.3) is 0 Å². The first-order valence-corrected chi connectivity index (χ1v) is 7.81. The molecule has 0 radical (unpaired) electrons. The maximum absolute atomic E-state index is 4.57. The summed E-state index contributed by atoms with van der Waals surface area (Å²) in [6, 6.07) is 0.929. The van der Waals surface area contributed by atoms with Gasteiger partial charge in [0.15, 0.2) is 0 Å². The van der Waals surface area contributed by atoms with Crippen LogP contribution in [0.15, 0.2) is 5.38 Å². The number of hydrogen-bond acceptors (Lipinski definition) is 4. The van der Waals surface area contributed by atoms with E-state index in [1.54, 1.807) is 11.3 Å². The minimum Gasteiger partial charge on any atom is -0.306 e. The van der Waals surface area contributed by atoms with Crippen LogP contribution in [-0.2, 0) is 0 Å². The first-order chi connectivity index (χ1) is 8.56. The number of likely N-dealkylation sites (tertiary alicyclic amines) is 1. The van der Waals surface area contributed by atoms with Crippen LogP contribution in [0.5, 0.6) is 0 Å². The molecule has 1 aromatic heterocycles. The zero-order valence-electron chi connectivity index (χ0n) is 11.9. The number of aromatic nitrogens is 1. The molecule has 3 nitrogen and oxygen atoms in total. The zero-order chi connectivity index (χ0) is 13.1. The molecule has 18 heavy (non-hydrogen) atoms. The lowest BCUT2D eigenvalue weighted by atomic mass is 9.91. The topological polar surface area (TPSA) is 28.2 Å². The number of thiazole rings is 1. The Balaban J connectivity index is 1.88. The third-order valence-electron chi connectivity index (χ3n) is 3.89. The lowest BCUT2D eigenvalue weighted by Gasteiger charge is -2.35. The highest BCUT2D eigenvalue weighted by Gasteiger charge is 2.24. The molecule has 0 aromatic carbocycles. The van der Waals surface area contributed by atoms with Gasteiger partial charge in [0.05, 0.1) is 6.04 Å². The molecule has 1 fully saturated rings. The Hall–Kier alpha value is -0.450. The highest BCUT2D eigenvalue weighted by atomic mass is 32.1. The van der Waals surface area contributed by atoms with Crippen molar-refractivity contribution in [3.8, 4) is 0 Å². The summed E-state index contributed by atoms with van der Waals surface area (Å²) in [5.74, 6) is 0.771. The molecule has 1 N–H and O–H groups in total. The third kappa shape index (κ3) is 3.53. The molecular weight excluding hydrogens is 242 g/mol. The van der Waals surface area contributed by atoms with Crippen LogP contribution in [0.25, 0.3) is 0 Å². The van der Waals surface area contributed by atoms with E-state index < -0.39 is 0 Å². The summed E-state index contributed by atoms with van der Waals surface area (Å²) in [6.07, 6.45) is 2.68. The van der Waals surface area contributed by atoms with Crippen molar-refractivity contribution in [3.63, 3.8) is 0 Å². The van der Waals surface area contributed by atoms with Gasteiger partial charge in [-0.1, -0.05) is 0 Å². The molecule has 0 spiro atoms. The van der Waals surface area contributed by atoms with Gasteiger partial charge in [-0.3, -0.25) is 0 Å². The molecule has 0 amide bonds. The average molecular weight is 267 g/mol. The minimum atomic E-state index is 0.367. The van der Waals surface area contributed by atoms with Crippen LogP contribution in [0, 0.1) is 12.8 Å². The Morgan fingerprint density at radius 3 is 2.89 bits per heavy atom. The lowest BCUT2D eigenvalue weighted by molar-refractivity contribution is 0.174. The summed E-state index contributed by atoms with van der Waals surface area (Å²) in [7, 11) is 2.23. The van der Waals surface area contributed by atoms with Crippen molar-refractivity contribution >= 4 is 11.3 Å². The molecule has 0 bridgehead atoms. The van der Waals surface area contributed by atoms with Gasteiger partial charge in [-0.25, -0.2) is 4.98 Å². The van der Waals surface area contributed by atoms with E-state index in [9.17, 15) is 0 Å². The van der Waals surface area contributed by atoms with E-state index in [2.05, 4.69) is 48.4 Å². The SMILES string of the molecule is Cc1csc(C(C)NC(C)C2CCCN(C)C2)n1. The second-order valence-electron chi connectivity index (χ2n) is 5.67. The number of aryl methyl sites for hydroxylation is 1. The quantitative estimate of drug-likeness (QED) is 0.909. The van der Waals surface area contributed by atoms with Crippen molar-refractivity contribution < 1.29 is 0 Å². The molecule has 1 aliphatic rings. The molecule has 0 saturated carbocycles. The van der Waals surface area contributed by atoms with Crippen molar-refractivity contribution in [1.82, 2.24) is 15.2 Å². The van der Waals surface area contributed by atoms with Crippen LogP contribution in [0.3, 0.4) is 0 Å². The van der Waals surface area contributed by atoms with Gasteiger partial charge in [0.1, 0.15) is 5.01 Å². The number of piperidine rings is 1. The predicted octanol–water partition coefficient (Wildman–Crippen LogP) is 2.83. The maximum atomic E-state index is 4.57. The fourth-order valence-corrected chi connectivity index (χ4v) is 3.60. The molecular formula is C14H25N3S. The van der Waals surface area contributed by atoms with E-state index in [4.69, 9.17) is 0 Å². The first kappa shape index (κ1) is 14.0. The monoisotopic (exact) mass is 267 g/mol. The Labute approximate surface area is 115 Å². The van der Waals surface area contributed by atoms with Crippen molar-refractivity contribution in [2.24, 2.45) is 5.92 Å². The second-order valence-corrected chi connectivity index (χ2v) is 6.56. The van der Waals surface area contributed by atoms with E-state index in [-0.39, 0.29) is 0 Å². The first-order valence-electron chi connectivity index (χ1n) is 6.93. The van der Waals surface area contributed by atoms with E-state index in [1.165, 1.54) is 30.9 Å². The number of nitrogens with zero attached hydrogens (tertiary/aromatic N) is 2. The Kier molecular flexibility index (Phi) is 4.76. The van der Waals surface area contributed by atoms with Crippen LogP contribution in [0.4, 0.5) is 0 Å². The fraction of sp³-hybridized carbons (Fsp3) is 0.786. The summed E-state index contributed by atoms with van der Waals surface area (Å²) in [6.45, 7) is 9.08. The molecule has 1 saturated heterocycles. The normalized spacial score (nSPS) is 25.0. The van der Waals surface area contributed by atoms with Gasteiger partial charge in [-0.2, -0.15) is 0 Å². The van der Waals surface area contributed by atoms with E-state index in [0.29, 0.717) is 12.1 Å². The van der Waals surface area contributed by atoms with Crippen LogP contribution in [-0.4, -0.2) is 36.1 Å². The van der Waals surface area contributed by atoms with Crippen LogP contribution in [0.1, 0.15) is 43.4 Å². The van der Waals surface area contributed by atoms with Gasteiger partial charge < -0.3 is 10.2 Å². The number of nitrogens with one attached hydrogen (secondary N) is 1. The van der Waals surface area contributed by atoms with Crippen molar-refractivity contribution in [1.29, 1.82) is 0 Å². The second kappa shape index (κ2) is 6.13. The highest BCUT2D eigenvalue weighted by Crippen LogP contribution is 2.23. The summed E-state index contributed by atoms with van der Waals surface area (Å²) in [4.78, 5) is 7.02. The average Bonchev–Trinajstić information content (AvgIpc) is 2.76. The molecule has 1 aromatic rings. The lowest BCUT2D eigenvalue weighted by Crippen LogP contribution is -2.43. The Morgan fingerprint density at radius 2 is 2.28 bits per heavy atom. The van der Waals surface area contributed by atoms with Gasteiger partial charge >= 0.3 is 0 Å². The molecule has 102 valence electrons. The molecule has 0 aliphatic carbocycles. The Bertz CT molecular complexity index is 377. The molecule has 3 atom stereocenters. The number of rotatable bonds is 4. The van der Waals surface area contributed by atoms with Gasteiger partial charge in [-0.15, -0.1) is 11.3 Å². The van der Waals surface area contributed by atoms with E-state index in [0.717, 1.165) is 11.6 Å². The Morgan fingerprint density at radius 1 is 1.50 bits per heavy atom. The zero-order valence-corrected chi connectivity index (χ0v) is 12.8. The third-order valence-corrected chi connectivity index (χ3v) is 5.03. The molecule has 2 heterocycles. The summed E-state index contributed by atoms with van der Waals surface area (Å²) < 4.78 is 0. The van der Waals surface area contributed by atoms with Crippen molar-refractivity contribution in [3.05, 3.63) is 16.1 Å². The number of hydrogen-bond donors (Lipinski definition) is 1. The minimum absolute atomic E-state index is 0.367. The predicted molar refractivity (Wildman–Crippen MR) is 78.1 cm³/mol. The molecule has 1 aliphatic heterocycles. The highest BCUT2D eigenvalue weighted by molar-refractivity contribution is 7.09. The summed E-state index contributed by atoms with van der Waals surface area (Å²) in [5, 5.41) is 7.06. The van der Waals surface area contributed by atoms with Crippen molar-refractivity contribution in [2.75, 3.05) is 20.1 Å². The molecule has 2 rings (SSSR count). The van der Waals surface area contributed by atoms with Gasteiger partial charge in [0.2, 0.25) is 0 Å². The van der Waals surface area contributed by atoms with Crippen LogP contribution in [0.2, 0.25) is 0 Å². The standard InChI is InChI=1S/C14H25N3S/c1-10-9-18-14(15-10)12(3)16-11(2)13-6-5-7-17(4)8-13/h9,11-13,16H,5-8H2,1-4H3. The molecule has 4 heteroatoms. The van der Waals surface area contributed by atoms with Crippen molar-refractivity contribution in [2.45, 2.75) is 45.7 Å². The van der Waals surface area contributed by atoms with Crippen LogP contribution >= 0.6 is 11.3 Å². The van der Waals surface area contributed by atoms with Gasteiger partial charge in [0, 0.05) is 23.7 Å². The maximum Gasteiger partial charge on any atom is 0.110 e. The molecule has 3 unspecified atom stereocenters. The summed E-state index contributed by atoms with van der Waals surface area (Å²) >= 11 is 1.76. The largest absolute Gasteiger partial charge is 0.306 e. The fourth-order valence-electron chi connectivity index (χ4n) is 2.79. The van der Waals surface area contributed by atoms with E-state index >= 15 is 0 Å². The smallest absolute Gasteiger partial charge is 0.110 e. The van der Waals surface area contributed by atoms with E-state index in [1.807, 2.05) is 0 Å². The van der Waals surface area contributed by atoms with Gasteiger partial charge in [-0.05, 0) is 53.1 Å². The summed E-state index contributed by atoms with van der Waals surface area (Å²) in [5.41, 5.74) is 1.13.